The minimum absolute atomic E-state index is 0.617. The molecule has 1 aliphatic rings. The summed E-state index contributed by atoms with van der Waals surface area (Å²) in [7, 11) is 0. The van der Waals surface area contributed by atoms with Crippen LogP contribution < -0.4 is 5.32 Å². The molecule has 1 atom stereocenters. The predicted octanol–water partition coefficient (Wildman–Crippen LogP) is 1.32. The summed E-state index contributed by atoms with van der Waals surface area (Å²) in [6.07, 6.45) is 0. The van der Waals surface area contributed by atoms with Crippen LogP contribution in [0.1, 0.15) is 12.5 Å². The molecule has 0 bridgehead atoms. The molecule has 11 heavy (non-hydrogen) atoms. The summed E-state index contributed by atoms with van der Waals surface area (Å²) in [6, 6.07) is 7.85. The van der Waals surface area contributed by atoms with E-state index in [1.807, 2.05) is 31.2 Å². The van der Waals surface area contributed by atoms with E-state index in [0.29, 0.717) is 6.54 Å². The molecule has 0 saturated heterocycles. The Morgan fingerprint density at radius 3 is 2.91 bits per heavy atom. The third-order valence-corrected chi connectivity index (χ3v) is 2.13. The molecule has 2 N–H and O–H groups in total. The molecular weight excluding hydrogens is 138 g/mol. The van der Waals surface area contributed by atoms with Gasteiger partial charge in [0.2, 0.25) is 0 Å². The fraction of sp³-hybridized carbons (Fsp3) is 0.333. The lowest BCUT2D eigenvalue weighted by Crippen LogP contribution is -2.22. The average molecular weight is 149 g/mol. The Bertz CT molecular complexity index is 281. The first-order valence-corrected chi connectivity index (χ1v) is 3.76. The van der Waals surface area contributed by atoms with E-state index in [0.717, 1.165) is 11.3 Å². The van der Waals surface area contributed by atoms with Gasteiger partial charge in [0.25, 0.3) is 0 Å². The van der Waals surface area contributed by atoms with Gasteiger partial charge in [0.15, 0.2) is 0 Å². The molecule has 1 aromatic rings. The topological polar surface area (TPSA) is 32.3 Å². The van der Waals surface area contributed by atoms with Gasteiger partial charge < -0.3 is 10.4 Å². The second-order valence-corrected chi connectivity index (χ2v) is 3.17. The number of anilines is 1. The fourth-order valence-corrected chi connectivity index (χ4v) is 1.47. The van der Waals surface area contributed by atoms with Crippen molar-refractivity contribution in [1.29, 1.82) is 0 Å². The van der Waals surface area contributed by atoms with E-state index in [4.69, 9.17) is 0 Å². The van der Waals surface area contributed by atoms with E-state index < -0.39 is 5.60 Å². The number of benzene rings is 1. The number of hydrogen-bond acceptors (Lipinski definition) is 2. The Balaban J connectivity index is 2.56. The molecular formula is C9H11NO. The van der Waals surface area contributed by atoms with E-state index in [-0.39, 0.29) is 0 Å². The van der Waals surface area contributed by atoms with Crippen LogP contribution in [0.3, 0.4) is 0 Å². The van der Waals surface area contributed by atoms with E-state index in [2.05, 4.69) is 5.32 Å². The summed E-state index contributed by atoms with van der Waals surface area (Å²) >= 11 is 0. The largest absolute Gasteiger partial charge is 0.384 e. The van der Waals surface area contributed by atoms with Crippen molar-refractivity contribution >= 4 is 5.69 Å². The molecule has 58 valence electrons. The van der Waals surface area contributed by atoms with Crippen molar-refractivity contribution in [2.75, 3.05) is 11.9 Å². The number of rotatable bonds is 0. The molecule has 0 spiro atoms. The van der Waals surface area contributed by atoms with Gasteiger partial charge in [0.1, 0.15) is 5.60 Å². The Morgan fingerprint density at radius 1 is 1.45 bits per heavy atom. The summed E-state index contributed by atoms with van der Waals surface area (Å²) in [5, 5.41) is 12.9. The van der Waals surface area contributed by atoms with E-state index >= 15 is 0 Å². The van der Waals surface area contributed by atoms with Crippen LogP contribution in [0.5, 0.6) is 0 Å². The van der Waals surface area contributed by atoms with Crippen LogP contribution in [-0.2, 0) is 5.60 Å². The van der Waals surface area contributed by atoms with Gasteiger partial charge in [-0.3, -0.25) is 0 Å². The molecule has 2 heteroatoms. The monoisotopic (exact) mass is 149 g/mol. The van der Waals surface area contributed by atoms with Gasteiger partial charge in [-0.2, -0.15) is 0 Å². The lowest BCUT2D eigenvalue weighted by atomic mass is 9.99. The Morgan fingerprint density at radius 2 is 2.18 bits per heavy atom. The molecule has 2 nitrogen and oxygen atoms in total. The van der Waals surface area contributed by atoms with Crippen LogP contribution in [0.4, 0.5) is 5.69 Å². The van der Waals surface area contributed by atoms with Gasteiger partial charge in [-0.1, -0.05) is 18.2 Å². The molecule has 0 fully saturated rings. The normalized spacial score (nSPS) is 27.8. The van der Waals surface area contributed by atoms with Gasteiger partial charge in [0, 0.05) is 17.8 Å². The third-order valence-electron chi connectivity index (χ3n) is 2.13. The summed E-state index contributed by atoms with van der Waals surface area (Å²) < 4.78 is 0. The molecule has 0 radical (unpaired) electrons. The number of nitrogens with one attached hydrogen (secondary N) is 1. The van der Waals surface area contributed by atoms with Gasteiger partial charge in [-0.05, 0) is 13.0 Å². The number of β-amino-alcohol motifs (C(OH)–C–C–N with tert-alkyl or cyclic N) is 1. The first kappa shape index (κ1) is 6.68. The molecule has 0 amide bonds. The molecule has 1 aromatic carbocycles. The second-order valence-electron chi connectivity index (χ2n) is 3.17. The lowest BCUT2D eigenvalue weighted by molar-refractivity contribution is 0.0794. The minimum Gasteiger partial charge on any atom is -0.384 e. The summed E-state index contributed by atoms with van der Waals surface area (Å²) in [4.78, 5) is 0. The lowest BCUT2D eigenvalue weighted by Gasteiger charge is -2.14. The van der Waals surface area contributed by atoms with Crippen LogP contribution in [0.25, 0.3) is 0 Å². The highest BCUT2D eigenvalue weighted by Gasteiger charge is 2.30. The maximum atomic E-state index is 9.78. The SMILES string of the molecule is CC1(O)CNc2ccccc21. The fourth-order valence-electron chi connectivity index (χ4n) is 1.47. The summed E-state index contributed by atoms with van der Waals surface area (Å²) in [5.74, 6) is 0. The maximum Gasteiger partial charge on any atom is 0.106 e. The van der Waals surface area contributed by atoms with Crippen molar-refractivity contribution in [2.24, 2.45) is 0 Å². The van der Waals surface area contributed by atoms with Crippen molar-refractivity contribution in [3.63, 3.8) is 0 Å². The first-order chi connectivity index (χ1) is 5.20. The number of aliphatic hydroxyl groups is 1. The molecule has 2 rings (SSSR count). The summed E-state index contributed by atoms with van der Waals surface area (Å²) in [6.45, 7) is 2.44. The zero-order valence-corrected chi connectivity index (χ0v) is 6.46. The van der Waals surface area contributed by atoms with Crippen LogP contribution in [-0.4, -0.2) is 11.7 Å². The molecule has 0 aliphatic carbocycles. The zero-order chi connectivity index (χ0) is 7.90. The highest BCUT2D eigenvalue weighted by Crippen LogP contribution is 2.33. The summed E-state index contributed by atoms with van der Waals surface area (Å²) in [5.41, 5.74) is 1.37. The van der Waals surface area contributed by atoms with Crippen molar-refractivity contribution in [1.82, 2.24) is 0 Å². The number of hydrogen-bond donors (Lipinski definition) is 2. The number of fused-ring (bicyclic) bond motifs is 1. The third kappa shape index (κ3) is 0.906. The van der Waals surface area contributed by atoms with Gasteiger partial charge in [-0.25, -0.2) is 0 Å². The zero-order valence-electron chi connectivity index (χ0n) is 6.46. The second kappa shape index (κ2) is 1.98. The predicted molar refractivity (Wildman–Crippen MR) is 44.5 cm³/mol. The molecule has 1 aliphatic heterocycles. The first-order valence-electron chi connectivity index (χ1n) is 3.76. The highest BCUT2D eigenvalue weighted by molar-refractivity contribution is 5.58. The van der Waals surface area contributed by atoms with E-state index in [9.17, 15) is 5.11 Å². The van der Waals surface area contributed by atoms with Crippen LogP contribution in [0, 0.1) is 0 Å². The molecule has 1 heterocycles. The highest BCUT2D eigenvalue weighted by atomic mass is 16.3. The smallest absolute Gasteiger partial charge is 0.106 e. The van der Waals surface area contributed by atoms with Crippen molar-refractivity contribution in [3.05, 3.63) is 29.8 Å². The van der Waals surface area contributed by atoms with Crippen molar-refractivity contribution in [3.8, 4) is 0 Å². The Labute approximate surface area is 65.9 Å². The van der Waals surface area contributed by atoms with E-state index in [1.54, 1.807) is 0 Å². The Kier molecular flexibility index (Phi) is 1.20. The van der Waals surface area contributed by atoms with Crippen LogP contribution in [0.2, 0.25) is 0 Å². The van der Waals surface area contributed by atoms with Crippen molar-refractivity contribution in [2.45, 2.75) is 12.5 Å². The van der Waals surface area contributed by atoms with Crippen LogP contribution >= 0.6 is 0 Å². The number of para-hydroxylation sites is 1. The molecule has 1 unspecified atom stereocenters. The van der Waals surface area contributed by atoms with Gasteiger partial charge in [0.05, 0.1) is 0 Å². The van der Waals surface area contributed by atoms with Gasteiger partial charge >= 0.3 is 0 Å². The van der Waals surface area contributed by atoms with E-state index in [1.165, 1.54) is 0 Å². The minimum atomic E-state index is -0.684. The van der Waals surface area contributed by atoms with Crippen LogP contribution in [0.15, 0.2) is 24.3 Å². The maximum absolute atomic E-state index is 9.78. The van der Waals surface area contributed by atoms with Gasteiger partial charge in [-0.15, -0.1) is 0 Å². The quantitative estimate of drug-likeness (QED) is 0.583. The van der Waals surface area contributed by atoms with Crippen molar-refractivity contribution < 1.29 is 5.11 Å². The standard InChI is InChI=1S/C9H11NO/c1-9(11)6-10-8-5-3-2-4-7(8)9/h2-5,10-11H,6H2,1H3. The Hall–Kier alpha value is -1.02. The average Bonchev–Trinajstić information content (AvgIpc) is 2.29. The molecule has 0 saturated carbocycles. The molecule has 0 aromatic heterocycles.